The Morgan fingerprint density at radius 3 is 2.48 bits per heavy atom. The van der Waals surface area contributed by atoms with Crippen molar-refractivity contribution in [3.8, 4) is 10.6 Å². The molecule has 0 saturated carbocycles. The van der Waals surface area contributed by atoms with Gasteiger partial charge in [0, 0.05) is 18.2 Å². The summed E-state index contributed by atoms with van der Waals surface area (Å²) in [4.78, 5) is 14.4. The summed E-state index contributed by atoms with van der Waals surface area (Å²) in [6.45, 7) is 4.63. The predicted octanol–water partition coefficient (Wildman–Crippen LogP) is 5.05. The predicted molar refractivity (Wildman–Crippen MR) is 108 cm³/mol. The van der Waals surface area contributed by atoms with E-state index in [1.165, 1.54) is 23.5 Å². The Labute approximate surface area is 162 Å². The van der Waals surface area contributed by atoms with Crippen LogP contribution in [0.2, 0.25) is 0 Å². The summed E-state index contributed by atoms with van der Waals surface area (Å²) >= 11 is 1.32. The Kier molecular flexibility index (Phi) is 6.08. The summed E-state index contributed by atoms with van der Waals surface area (Å²) in [6.07, 6.45) is 3.34. The third kappa shape index (κ3) is 5.08. The molecule has 1 aromatic heterocycles. The third-order valence-corrected chi connectivity index (χ3v) is 4.76. The van der Waals surface area contributed by atoms with Gasteiger partial charge in [-0.15, -0.1) is 10.2 Å². The first-order valence-corrected chi connectivity index (χ1v) is 9.48. The Bertz CT molecular complexity index is 920. The van der Waals surface area contributed by atoms with E-state index in [0.29, 0.717) is 16.7 Å². The van der Waals surface area contributed by atoms with Gasteiger partial charge >= 0.3 is 0 Å². The van der Waals surface area contributed by atoms with E-state index in [9.17, 15) is 9.18 Å². The van der Waals surface area contributed by atoms with Crippen LogP contribution < -0.4 is 4.90 Å². The molecule has 1 heterocycles. The smallest absolute Gasteiger partial charge is 0.252 e. The molecule has 0 bridgehead atoms. The number of carbonyl (C=O) groups is 1. The third-order valence-electron chi connectivity index (χ3n) is 3.77. The second-order valence-corrected chi connectivity index (χ2v) is 7.44. The molecule has 0 aliphatic rings. The van der Waals surface area contributed by atoms with Gasteiger partial charge in [0.1, 0.15) is 10.8 Å². The van der Waals surface area contributed by atoms with Crippen molar-refractivity contribution in [2.75, 3.05) is 11.4 Å². The van der Waals surface area contributed by atoms with E-state index in [1.54, 1.807) is 29.2 Å². The molecule has 0 N–H and O–H groups in total. The lowest BCUT2D eigenvalue weighted by Crippen LogP contribution is -2.32. The highest BCUT2D eigenvalue weighted by Crippen LogP contribution is 2.29. The number of hydrogen-bond donors (Lipinski definition) is 0. The number of rotatable bonds is 6. The van der Waals surface area contributed by atoms with Gasteiger partial charge < -0.3 is 0 Å². The number of carbonyl (C=O) groups excluding carboxylic acids is 1. The van der Waals surface area contributed by atoms with Crippen molar-refractivity contribution < 1.29 is 9.18 Å². The molecular formula is C21H20FN3OS. The molecule has 6 heteroatoms. The summed E-state index contributed by atoms with van der Waals surface area (Å²) < 4.78 is 13.1. The highest BCUT2D eigenvalue weighted by molar-refractivity contribution is 7.18. The van der Waals surface area contributed by atoms with Crippen LogP contribution in [0.5, 0.6) is 0 Å². The molecular weight excluding hydrogens is 361 g/mol. The van der Waals surface area contributed by atoms with Gasteiger partial charge in [0.05, 0.1) is 0 Å². The average Bonchev–Trinajstić information content (AvgIpc) is 3.15. The number of anilines is 1. The van der Waals surface area contributed by atoms with Crippen LogP contribution in [0.1, 0.15) is 19.4 Å². The van der Waals surface area contributed by atoms with Gasteiger partial charge in [0.25, 0.3) is 5.91 Å². The zero-order chi connectivity index (χ0) is 19.2. The lowest BCUT2D eigenvalue weighted by atomic mass is 10.2. The van der Waals surface area contributed by atoms with E-state index >= 15 is 0 Å². The van der Waals surface area contributed by atoms with Gasteiger partial charge in [-0.3, -0.25) is 9.69 Å². The fourth-order valence-corrected chi connectivity index (χ4v) is 3.35. The molecule has 3 rings (SSSR count). The van der Waals surface area contributed by atoms with E-state index in [2.05, 4.69) is 10.2 Å². The Morgan fingerprint density at radius 1 is 1.11 bits per heavy atom. The summed E-state index contributed by atoms with van der Waals surface area (Å²) in [5.41, 5.74) is 1.73. The molecule has 138 valence electrons. The maximum atomic E-state index is 13.1. The van der Waals surface area contributed by atoms with Crippen LogP contribution in [0, 0.1) is 11.7 Å². The molecule has 0 spiro atoms. The fraction of sp³-hybridized carbons (Fsp3) is 0.190. The molecule has 0 atom stereocenters. The standard InChI is InChI=1S/C21H20FN3OS/c1-15(2)14-25(19(26)13-8-16-6-4-3-5-7-16)21-24-23-20(27-21)17-9-11-18(22)12-10-17/h3-13,15H,14H2,1-2H3. The molecule has 0 aliphatic carbocycles. The van der Waals surface area contributed by atoms with Crippen LogP contribution in [-0.4, -0.2) is 22.6 Å². The number of aromatic nitrogens is 2. The van der Waals surface area contributed by atoms with Crippen molar-refractivity contribution in [2.45, 2.75) is 13.8 Å². The first kappa shape index (κ1) is 18.9. The van der Waals surface area contributed by atoms with Gasteiger partial charge in [-0.1, -0.05) is 55.5 Å². The van der Waals surface area contributed by atoms with E-state index < -0.39 is 0 Å². The number of hydrogen-bond acceptors (Lipinski definition) is 4. The summed E-state index contributed by atoms with van der Waals surface area (Å²) in [6, 6.07) is 15.7. The fourth-order valence-electron chi connectivity index (χ4n) is 2.48. The minimum absolute atomic E-state index is 0.144. The van der Waals surface area contributed by atoms with Gasteiger partial charge in [-0.2, -0.15) is 0 Å². The van der Waals surface area contributed by atoms with Crippen LogP contribution in [0.15, 0.2) is 60.7 Å². The molecule has 0 unspecified atom stereocenters. The zero-order valence-corrected chi connectivity index (χ0v) is 16.0. The van der Waals surface area contributed by atoms with Gasteiger partial charge in [-0.25, -0.2) is 4.39 Å². The normalized spacial score (nSPS) is 11.3. The number of nitrogens with zero attached hydrogens (tertiary/aromatic N) is 3. The summed E-state index contributed by atoms with van der Waals surface area (Å²) in [7, 11) is 0. The van der Waals surface area contributed by atoms with Crippen molar-refractivity contribution in [1.82, 2.24) is 10.2 Å². The molecule has 2 aromatic carbocycles. The highest BCUT2D eigenvalue weighted by Gasteiger charge is 2.20. The minimum atomic E-state index is -0.300. The topological polar surface area (TPSA) is 46.1 Å². The SMILES string of the molecule is CC(C)CN(C(=O)C=Cc1ccccc1)c1nnc(-c2ccc(F)cc2)s1. The number of halogens is 1. The first-order valence-electron chi connectivity index (χ1n) is 8.67. The average molecular weight is 381 g/mol. The maximum absolute atomic E-state index is 13.1. The van der Waals surface area contributed by atoms with Crippen LogP contribution in [0.4, 0.5) is 9.52 Å². The van der Waals surface area contributed by atoms with E-state index in [0.717, 1.165) is 11.1 Å². The molecule has 1 amide bonds. The first-order chi connectivity index (χ1) is 13.0. The van der Waals surface area contributed by atoms with Gasteiger partial charge in [-0.05, 0) is 41.8 Å². The molecule has 0 fully saturated rings. The van der Waals surface area contributed by atoms with Crippen LogP contribution in [0.25, 0.3) is 16.6 Å². The van der Waals surface area contributed by atoms with Crippen molar-refractivity contribution in [1.29, 1.82) is 0 Å². The van der Waals surface area contributed by atoms with Gasteiger partial charge in [0.15, 0.2) is 0 Å². The molecule has 0 saturated heterocycles. The highest BCUT2D eigenvalue weighted by atomic mass is 32.1. The van der Waals surface area contributed by atoms with E-state index in [4.69, 9.17) is 0 Å². The quantitative estimate of drug-likeness (QED) is 0.562. The van der Waals surface area contributed by atoms with Crippen molar-refractivity contribution in [3.63, 3.8) is 0 Å². The lowest BCUT2D eigenvalue weighted by Gasteiger charge is -2.19. The minimum Gasteiger partial charge on any atom is -0.283 e. The largest absolute Gasteiger partial charge is 0.283 e. The lowest BCUT2D eigenvalue weighted by molar-refractivity contribution is -0.114. The number of benzene rings is 2. The van der Waals surface area contributed by atoms with Gasteiger partial charge in [0.2, 0.25) is 5.13 Å². The molecule has 3 aromatic rings. The summed E-state index contributed by atoms with van der Waals surface area (Å²) in [5.74, 6) is -0.169. The van der Waals surface area contributed by atoms with E-state index in [-0.39, 0.29) is 17.6 Å². The Hall–Kier alpha value is -2.86. The second-order valence-electron chi connectivity index (χ2n) is 6.48. The maximum Gasteiger partial charge on any atom is 0.252 e. The van der Waals surface area contributed by atoms with Crippen LogP contribution >= 0.6 is 11.3 Å². The molecule has 27 heavy (non-hydrogen) atoms. The second kappa shape index (κ2) is 8.68. The van der Waals surface area contributed by atoms with E-state index in [1.807, 2.05) is 44.2 Å². The summed E-state index contributed by atoms with van der Waals surface area (Å²) in [5, 5.41) is 9.55. The zero-order valence-electron chi connectivity index (χ0n) is 15.2. The molecule has 0 aliphatic heterocycles. The van der Waals surface area contributed by atoms with Crippen molar-refractivity contribution >= 4 is 28.5 Å². The molecule has 4 nitrogen and oxygen atoms in total. The number of amides is 1. The Balaban J connectivity index is 1.83. The monoisotopic (exact) mass is 381 g/mol. The van der Waals surface area contributed by atoms with Crippen molar-refractivity contribution in [3.05, 3.63) is 72.1 Å². The van der Waals surface area contributed by atoms with Crippen LogP contribution in [-0.2, 0) is 4.79 Å². The molecule has 0 radical (unpaired) electrons. The van der Waals surface area contributed by atoms with Crippen molar-refractivity contribution in [2.24, 2.45) is 5.92 Å². The van der Waals surface area contributed by atoms with Crippen LogP contribution in [0.3, 0.4) is 0 Å². The Morgan fingerprint density at radius 2 is 1.81 bits per heavy atom.